The maximum Gasteiger partial charge on any atom is 0.232 e. The van der Waals surface area contributed by atoms with Crippen LogP contribution >= 0.6 is 0 Å². The molecule has 1 atom stereocenters. The summed E-state index contributed by atoms with van der Waals surface area (Å²) in [6, 6.07) is 8.17. The number of hydrogen-bond acceptors (Lipinski definition) is 5. The molecule has 0 spiro atoms. The normalized spacial score (nSPS) is 17.9. The summed E-state index contributed by atoms with van der Waals surface area (Å²) in [5.41, 5.74) is 2.19. The molecule has 0 N–H and O–H groups in total. The van der Waals surface area contributed by atoms with Crippen LogP contribution in [0.5, 0.6) is 0 Å². The Bertz CT molecular complexity index is 694. The molecular weight excluding hydrogens is 306 g/mol. The first kappa shape index (κ1) is 16.6. The standard InChI is InChI=1S/C18H23N3O3/c1-12(2)13-4-6-15(7-5-13)21-11-14(10-17(21)22)18-19-16(20-24-18)8-9-23-3/h4-7,12,14H,8-11H2,1-3H3/t14-/m1/s1. The number of carbonyl (C=O) groups is 1. The molecule has 1 saturated heterocycles. The molecule has 1 amide bonds. The molecule has 0 bridgehead atoms. The van der Waals surface area contributed by atoms with Gasteiger partial charge in [-0.25, -0.2) is 0 Å². The Morgan fingerprint density at radius 2 is 2.08 bits per heavy atom. The van der Waals surface area contributed by atoms with Crippen LogP contribution in [-0.2, 0) is 16.0 Å². The summed E-state index contributed by atoms with van der Waals surface area (Å²) in [5, 5.41) is 3.96. The molecule has 1 aromatic carbocycles. The molecule has 6 nitrogen and oxygen atoms in total. The van der Waals surface area contributed by atoms with Gasteiger partial charge in [-0.3, -0.25) is 4.79 Å². The summed E-state index contributed by atoms with van der Waals surface area (Å²) in [7, 11) is 1.64. The van der Waals surface area contributed by atoms with Gasteiger partial charge in [-0.05, 0) is 23.6 Å². The second-order valence-electron chi connectivity index (χ2n) is 6.44. The van der Waals surface area contributed by atoms with Crippen LogP contribution in [0.25, 0.3) is 0 Å². The Hall–Kier alpha value is -2.21. The van der Waals surface area contributed by atoms with Crippen molar-refractivity contribution in [2.24, 2.45) is 0 Å². The van der Waals surface area contributed by atoms with E-state index in [2.05, 4.69) is 36.1 Å². The largest absolute Gasteiger partial charge is 0.384 e. The average Bonchev–Trinajstić information content (AvgIpc) is 3.19. The van der Waals surface area contributed by atoms with Crippen LogP contribution in [0.4, 0.5) is 5.69 Å². The van der Waals surface area contributed by atoms with E-state index in [0.29, 0.717) is 43.6 Å². The third kappa shape index (κ3) is 3.48. The Balaban J connectivity index is 1.70. The molecule has 1 fully saturated rings. The quantitative estimate of drug-likeness (QED) is 0.815. The second kappa shape index (κ2) is 7.13. The lowest BCUT2D eigenvalue weighted by molar-refractivity contribution is -0.117. The minimum atomic E-state index is -0.0499. The zero-order valence-electron chi connectivity index (χ0n) is 14.4. The van der Waals surface area contributed by atoms with Crippen molar-refractivity contribution in [2.75, 3.05) is 25.2 Å². The summed E-state index contributed by atoms with van der Waals surface area (Å²) in [4.78, 5) is 18.6. The first-order valence-electron chi connectivity index (χ1n) is 8.30. The maximum atomic E-state index is 12.4. The third-order valence-electron chi connectivity index (χ3n) is 4.36. The average molecular weight is 329 g/mol. The van der Waals surface area contributed by atoms with Crippen molar-refractivity contribution >= 4 is 11.6 Å². The van der Waals surface area contributed by atoms with Crippen LogP contribution in [-0.4, -0.2) is 36.3 Å². The molecule has 6 heteroatoms. The molecule has 2 aromatic rings. The topological polar surface area (TPSA) is 68.5 Å². The van der Waals surface area contributed by atoms with Gasteiger partial charge in [-0.15, -0.1) is 0 Å². The summed E-state index contributed by atoms with van der Waals surface area (Å²) >= 11 is 0. The Labute approximate surface area is 141 Å². The lowest BCUT2D eigenvalue weighted by atomic mass is 10.0. The minimum Gasteiger partial charge on any atom is -0.384 e. The summed E-state index contributed by atoms with van der Waals surface area (Å²) < 4.78 is 10.3. The van der Waals surface area contributed by atoms with Gasteiger partial charge in [0.05, 0.1) is 12.5 Å². The number of aromatic nitrogens is 2. The van der Waals surface area contributed by atoms with E-state index in [1.165, 1.54) is 5.56 Å². The van der Waals surface area contributed by atoms with Crippen LogP contribution in [0, 0.1) is 0 Å². The number of anilines is 1. The minimum absolute atomic E-state index is 0.0499. The highest BCUT2D eigenvalue weighted by Gasteiger charge is 2.35. The van der Waals surface area contributed by atoms with Crippen molar-refractivity contribution in [3.05, 3.63) is 41.5 Å². The number of ether oxygens (including phenoxy) is 1. The van der Waals surface area contributed by atoms with Crippen LogP contribution < -0.4 is 4.90 Å². The molecule has 0 unspecified atom stereocenters. The number of rotatable bonds is 6. The number of carbonyl (C=O) groups excluding carboxylic acids is 1. The molecule has 3 rings (SSSR count). The first-order valence-corrected chi connectivity index (χ1v) is 8.30. The van der Waals surface area contributed by atoms with E-state index in [0.717, 1.165) is 5.69 Å². The van der Waals surface area contributed by atoms with Crippen LogP contribution in [0.3, 0.4) is 0 Å². The molecule has 128 valence electrons. The van der Waals surface area contributed by atoms with Crippen molar-refractivity contribution in [2.45, 2.75) is 38.5 Å². The molecule has 0 radical (unpaired) electrons. The van der Waals surface area contributed by atoms with E-state index >= 15 is 0 Å². The van der Waals surface area contributed by atoms with E-state index in [4.69, 9.17) is 9.26 Å². The lowest BCUT2D eigenvalue weighted by Crippen LogP contribution is -2.24. The summed E-state index contributed by atoms with van der Waals surface area (Å²) in [5.74, 6) is 1.68. The monoisotopic (exact) mass is 329 g/mol. The number of methoxy groups -OCH3 is 1. The van der Waals surface area contributed by atoms with E-state index in [1.54, 1.807) is 12.0 Å². The van der Waals surface area contributed by atoms with Crippen LogP contribution in [0.1, 0.15) is 49.4 Å². The molecule has 1 aromatic heterocycles. The summed E-state index contributed by atoms with van der Waals surface area (Å²) in [6.07, 6.45) is 1.01. The maximum absolute atomic E-state index is 12.4. The van der Waals surface area contributed by atoms with E-state index < -0.39 is 0 Å². The fourth-order valence-electron chi connectivity index (χ4n) is 2.89. The van der Waals surface area contributed by atoms with Gasteiger partial charge in [-0.2, -0.15) is 4.98 Å². The van der Waals surface area contributed by atoms with Gasteiger partial charge >= 0.3 is 0 Å². The van der Waals surface area contributed by atoms with E-state index in [-0.39, 0.29) is 11.8 Å². The zero-order chi connectivity index (χ0) is 17.1. The second-order valence-corrected chi connectivity index (χ2v) is 6.44. The van der Waals surface area contributed by atoms with Crippen molar-refractivity contribution in [1.29, 1.82) is 0 Å². The van der Waals surface area contributed by atoms with E-state index in [1.807, 2.05) is 12.1 Å². The van der Waals surface area contributed by atoms with Gasteiger partial charge in [0.2, 0.25) is 11.8 Å². The predicted octanol–water partition coefficient (Wildman–Crippen LogP) is 2.90. The molecule has 1 aliphatic rings. The van der Waals surface area contributed by atoms with Crippen molar-refractivity contribution in [1.82, 2.24) is 10.1 Å². The van der Waals surface area contributed by atoms with Gasteiger partial charge in [-0.1, -0.05) is 31.1 Å². The van der Waals surface area contributed by atoms with Gasteiger partial charge in [0, 0.05) is 32.2 Å². The van der Waals surface area contributed by atoms with Crippen molar-refractivity contribution in [3.8, 4) is 0 Å². The Morgan fingerprint density at radius 3 is 2.75 bits per heavy atom. The molecular formula is C18H23N3O3. The van der Waals surface area contributed by atoms with Gasteiger partial charge in [0.15, 0.2) is 5.82 Å². The highest BCUT2D eigenvalue weighted by Crippen LogP contribution is 2.31. The lowest BCUT2D eigenvalue weighted by Gasteiger charge is -2.17. The molecule has 0 saturated carbocycles. The number of benzene rings is 1. The van der Waals surface area contributed by atoms with Crippen molar-refractivity contribution in [3.63, 3.8) is 0 Å². The van der Waals surface area contributed by atoms with E-state index in [9.17, 15) is 4.79 Å². The number of hydrogen-bond donors (Lipinski definition) is 0. The van der Waals surface area contributed by atoms with Crippen LogP contribution in [0.2, 0.25) is 0 Å². The molecule has 2 heterocycles. The zero-order valence-corrected chi connectivity index (χ0v) is 14.4. The van der Waals surface area contributed by atoms with Crippen LogP contribution in [0.15, 0.2) is 28.8 Å². The predicted molar refractivity (Wildman–Crippen MR) is 90.1 cm³/mol. The summed E-state index contributed by atoms with van der Waals surface area (Å²) in [6.45, 7) is 5.44. The molecule has 0 aliphatic carbocycles. The SMILES string of the molecule is COCCc1noc([C@@H]2CC(=O)N(c3ccc(C(C)C)cc3)C2)n1. The Morgan fingerprint density at radius 1 is 1.33 bits per heavy atom. The number of nitrogens with zero attached hydrogens (tertiary/aromatic N) is 3. The smallest absolute Gasteiger partial charge is 0.232 e. The molecule has 24 heavy (non-hydrogen) atoms. The highest BCUT2D eigenvalue weighted by molar-refractivity contribution is 5.96. The fourth-order valence-corrected chi connectivity index (χ4v) is 2.89. The number of amides is 1. The van der Waals surface area contributed by atoms with Crippen molar-refractivity contribution < 1.29 is 14.1 Å². The van der Waals surface area contributed by atoms with Gasteiger partial charge < -0.3 is 14.2 Å². The van der Waals surface area contributed by atoms with Gasteiger partial charge in [0.25, 0.3) is 0 Å². The van der Waals surface area contributed by atoms with Gasteiger partial charge in [0.1, 0.15) is 0 Å². The third-order valence-corrected chi connectivity index (χ3v) is 4.36. The Kier molecular flexibility index (Phi) is 4.94. The first-order chi connectivity index (χ1) is 11.6. The fraction of sp³-hybridized carbons (Fsp3) is 0.500. The molecule has 1 aliphatic heterocycles. The highest BCUT2D eigenvalue weighted by atomic mass is 16.5.